The van der Waals surface area contributed by atoms with Gasteiger partial charge in [-0.1, -0.05) is 17.7 Å². The molecule has 0 spiro atoms. The van der Waals surface area contributed by atoms with Gasteiger partial charge in [-0.15, -0.1) is 0 Å². The maximum Gasteiger partial charge on any atom is 0.347 e. The van der Waals surface area contributed by atoms with Crippen molar-refractivity contribution in [3.63, 3.8) is 0 Å². The highest BCUT2D eigenvalue weighted by atomic mass is 16.6. The molecule has 0 aromatic heterocycles. The lowest BCUT2D eigenvalue weighted by atomic mass is 10.1. The van der Waals surface area contributed by atoms with E-state index in [1.54, 1.807) is 13.8 Å². The predicted octanol–water partition coefficient (Wildman–Crippen LogP) is 2.63. The first-order valence-electron chi connectivity index (χ1n) is 5.45. The van der Waals surface area contributed by atoms with Gasteiger partial charge >= 0.3 is 5.97 Å². The molecule has 3 heteroatoms. The molecular weight excluding hydrogens is 204 g/mol. The van der Waals surface area contributed by atoms with Crippen molar-refractivity contribution in [2.45, 2.75) is 33.8 Å². The van der Waals surface area contributed by atoms with Crippen LogP contribution in [-0.2, 0) is 9.53 Å². The van der Waals surface area contributed by atoms with Crippen molar-refractivity contribution in [3.05, 3.63) is 29.3 Å². The Morgan fingerprint density at radius 1 is 1.38 bits per heavy atom. The fraction of sp³-hybridized carbons (Fsp3) is 0.462. The highest BCUT2D eigenvalue weighted by Gasteiger charge is 2.16. The number of benzene rings is 1. The number of hydrogen-bond acceptors (Lipinski definition) is 3. The molecule has 88 valence electrons. The van der Waals surface area contributed by atoms with Crippen molar-refractivity contribution in [1.29, 1.82) is 0 Å². The molecule has 16 heavy (non-hydrogen) atoms. The van der Waals surface area contributed by atoms with Crippen molar-refractivity contribution in [1.82, 2.24) is 0 Å². The Kier molecular flexibility index (Phi) is 4.35. The molecule has 0 aliphatic heterocycles. The van der Waals surface area contributed by atoms with Crippen LogP contribution in [0.3, 0.4) is 0 Å². The standard InChI is InChI=1S/C13H18O3/c1-5-15-13(14)11(4)16-12-7-6-9(2)8-10(12)3/h6-8,11H,5H2,1-4H3. The molecule has 0 aliphatic carbocycles. The largest absolute Gasteiger partial charge is 0.479 e. The zero-order valence-corrected chi connectivity index (χ0v) is 10.2. The highest BCUT2D eigenvalue weighted by molar-refractivity contribution is 5.74. The molecule has 1 atom stereocenters. The first kappa shape index (κ1) is 12.6. The second-order valence-electron chi connectivity index (χ2n) is 3.78. The molecule has 1 aromatic rings. The van der Waals surface area contributed by atoms with Crippen LogP contribution in [0.5, 0.6) is 5.75 Å². The van der Waals surface area contributed by atoms with E-state index in [0.717, 1.165) is 11.3 Å². The third-order valence-corrected chi connectivity index (χ3v) is 2.25. The van der Waals surface area contributed by atoms with Crippen molar-refractivity contribution >= 4 is 5.97 Å². The van der Waals surface area contributed by atoms with Crippen LogP contribution in [0, 0.1) is 13.8 Å². The monoisotopic (exact) mass is 222 g/mol. The van der Waals surface area contributed by atoms with Crippen LogP contribution < -0.4 is 4.74 Å². The summed E-state index contributed by atoms with van der Waals surface area (Å²) in [6.07, 6.45) is -0.568. The number of hydrogen-bond donors (Lipinski definition) is 0. The van der Waals surface area contributed by atoms with Gasteiger partial charge in [-0.25, -0.2) is 4.79 Å². The van der Waals surface area contributed by atoms with Gasteiger partial charge in [0, 0.05) is 0 Å². The Hall–Kier alpha value is -1.51. The van der Waals surface area contributed by atoms with Gasteiger partial charge in [-0.2, -0.15) is 0 Å². The number of aryl methyl sites for hydroxylation is 2. The maximum atomic E-state index is 11.4. The molecule has 0 heterocycles. The Balaban J connectivity index is 2.69. The summed E-state index contributed by atoms with van der Waals surface area (Å²) in [6, 6.07) is 5.85. The number of esters is 1. The van der Waals surface area contributed by atoms with Crippen LogP contribution in [-0.4, -0.2) is 18.7 Å². The molecule has 1 rings (SSSR count). The zero-order chi connectivity index (χ0) is 12.1. The zero-order valence-electron chi connectivity index (χ0n) is 10.2. The van der Waals surface area contributed by atoms with Gasteiger partial charge in [0.2, 0.25) is 0 Å². The van der Waals surface area contributed by atoms with Crippen LogP contribution >= 0.6 is 0 Å². The van der Waals surface area contributed by atoms with E-state index in [2.05, 4.69) is 0 Å². The Morgan fingerprint density at radius 3 is 2.62 bits per heavy atom. The second kappa shape index (κ2) is 5.54. The fourth-order valence-corrected chi connectivity index (χ4v) is 1.43. The van der Waals surface area contributed by atoms with Crippen molar-refractivity contribution in [2.75, 3.05) is 6.61 Å². The molecule has 0 saturated carbocycles. The van der Waals surface area contributed by atoms with E-state index in [1.807, 2.05) is 32.0 Å². The first-order chi connectivity index (χ1) is 7.54. The topological polar surface area (TPSA) is 35.5 Å². The summed E-state index contributed by atoms with van der Waals surface area (Å²) in [5, 5.41) is 0. The lowest BCUT2D eigenvalue weighted by Gasteiger charge is -2.15. The van der Waals surface area contributed by atoms with Gasteiger partial charge in [-0.05, 0) is 39.3 Å². The van der Waals surface area contributed by atoms with Crippen molar-refractivity contribution < 1.29 is 14.3 Å². The van der Waals surface area contributed by atoms with Gasteiger partial charge in [0.05, 0.1) is 6.61 Å². The molecule has 3 nitrogen and oxygen atoms in total. The number of carbonyl (C=O) groups is 1. The predicted molar refractivity (Wildman–Crippen MR) is 62.6 cm³/mol. The first-order valence-corrected chi connectivity index (χ1v) is 5.45. The Labute approximate surface area is 96.4 Å². The van der Waals surface area contributed by atoms with Crippen LogP contribution in [0.25, 0.3) is 0 Å². The lowest BCUT2D eigenvalue weighted by molar-refractivity contribution is -0.150. The lowest BCUT2D eigenvalue weighted by Crippen LogP contribution is -2.26. The third-order valence-electron chi connectivity index (χ3n) is 2.25. The van der Waals surface area contributed by atoms with Crippen molar-refractivity contribution in [2.24, 2.45) is 0 Å². The molecule has 0 amide bonds. The van der Waals surface area contributed by atoms with E-state index in [0.29, 0.717) is 6.61 Å². The van der Waals surface area contributed by atoms with Crippen LogP contribution in [0.4, 0.5) is 0 Å². The summed E-state index contributed by atoms with van der Waals surface area (Å²) in [7, 11) is 0. The summed E-state index contributed by atoms with van der Waals surface area (Å²) in [6.45, 7) is 7.82. The molecule has 0 saturated heterocycles. The molecule has 0 fully saturated rings. The summed E-state index contributed by atoms with van der Waals surface area (Å²) in [5.74, 6) is 0.397. The second-order valence-corrected chi connectivity index (χ2v) is 3.78. The van der Waals surface area contributed by atoms with E-state index < -0.39 is 6.10 Å². The number of ether oxygens (including phenoxy) is 2. The molecular formula is C13H18O3. The van der Waals surface area contributed by atoms with Gasteiger partial charge in [0.15, 0.2) is 6.10 Å². The van der Waals surface area contributed by atoms with Crippen LogP contribution in [0.15, 0.2) is 18.2 Å². The SMILES string of the molecule is CCOC(=O)C(C)Oc1ccc(C)cc1C. The van der Waals surface area contributed by atoms with Crippen LogP contribution in [0.2, 0.25) is 0 Å². The van der Waals surface area contributed by atoms with E-state index in [-0.39, 0.29) is 5.97 Å². The van der Waals surface area contributed by atoms with E-state index in [9.17, 15) is 4.79 Å². The number of rotatable bonds is 4. The molecule has 0 radical (unpaired) electrons. The van der Waals surface area contributed by atoms with Gasteiger partial charge in [-0.3, -0.25) is 0 Å². The third kappa shape index (κ3) is 3.26. The minimum absolute atomic E-state index is 0.331. The summed E-state index contributed by atoms with van der Waals surface area (Å²) < 4.78 is 10.4. The van der Waals surface area contributed by atoms with Crippen LogP contribution in [0.1, 0.15) is 25.0 Å². The van der Waals surface area contributed by atoms with Gasteiger partial charge in [0.1, 0.15) is 5.75 Å². The molecule has 1 unspecified atom stereocenters. The Morgan fingerprint density at radius 2 is 2.06 bits per heavy atom. The summed E-state index contributed by atoms with van der Waals surface area (Å²) >= 11 is 0. The van der Waals surface area contributed by atoms with Gasteiger partial charge < -0.3 is 9.47 Å². The van der Waals surface area contributed by atoms with Gasteiger partial charge in [0.25, 0.3) is 0 Å². The molecule has 1 aromatic carbocycles. The summed E-state index contributed by atoms with van der Waals surface area (Å²) in [5.41, 5.74) is 2.20. The van der Waals surface area contributed by atoms with E-state index >= 15 is 0 Å². The summed E-state index contributed by atoms with van der Waals surface area (Å²) in [4.78, 5) is 11.4. The Bertz CT molecular complexity index is 371. The molecule has 0 bridgehead atoms. The minimum atomic E-state index is -0.568. The smallest absolute Gasteiger partial charge is 0.347 e. The maximum absolute atomic E-state index is 11.4. The minimum Gasteiger partial charge on any atom is -0.479 e. The van der Waals surface area contributed by atoms with E-state index in [4.69, 9.17) is 9.47 Å². The average molecular weight is 222 g/mol. The highest BCUT2D eigenvalue weighted by Crippen LogP contribution is 2.20. The van der Waals surface area contributed by atoms with Crippen molar-refractivity contribution in [3.8, 4) is 5.75 Å². The number of carbonyl (C=O) groups excluding carboxylic acids is 1. The average Bonchev–Trinajstić information content (AvgIpc) is 2.22. The molecule has 0 N–H and O–H groups in total. The fourth-order valence-electron chi connectivity index (χ4n) is 1.43. The molecule has 0 aliphatic rings. The quantitative estimate of drug-likeness (QED) is 0.735. The van der Waals surface area contributed by atoms with E-state index in [1.165, 1.54) is 5.56 Å². The normalized spacial score (nSPS) is 12.0.